The molecule has 1 N–H and O–H groups in total. The number of amides is 2. The van der Waals surface area contributed by atoms with E-state index in [1.807, 2.05) is 30.3 Å². The first kappa shape index (κ1) is 13.3. The van der Waals surface area contributed by atoms with Crippen LogP contribution in [0.3, 0.4) is 0 Å². The third-order valence-electron chi connectivity index (χ3n) is 3.33. The van der Waals surface area contributed by atoms with Gasteiger partial charge in [0.25, 0.3) is 5.91 Å². The van der Waals surface area contributed by atoms with Crippen molar-refractivity contribution >= 4 is 23.2 Å². The van der Waals surface area contributed by atoms with E-state index in [4.69, 9.17) is 0 Å². The summed E-state index contributed by atoms with van der Waals surface area (Å²) in [5, 5.41) is 3.03. The number of anilines is 2. The quantitative estimate of drug-likeness (QED) is 0.881. The van der Waals surface area contributed by atoms with Gasteiger partial charge in [-0.15, -0.1) is 0 Å². The van der Waals surface area contributed by atoms with Gasteiger partial charge in [0, 0.05) is 5.69 Å². The molecular weight excluding hydrogens is 271 g/mol. The normalized spacial score (nSPS) is 18.1. The molecule has 0 aromatic heterocycles. The van der Waals surface area contributed by atoms with Crippen LogP contribution in [0.1, 0.15) is 6.42 Å². The monoisotopic (exact) mass is 284 g/mol. The largest absolute Gasteiger partial charge is 0.373 e. The highest BCUT2D eigenvalue weighted by Crippen LogP contribution is 2.25. The van der Waals surface area contributed by atoms with Gasteiger partial charge in [-0.25, -0.2) is 9.29 Å². The van der Waals surface area contributed by atoms with Gasteiger partial charge in [-0.05, 0) is 30.3 Å². The van der Waals surface area contributed by atoms with E-state index in [9.17, 15) is 14.0 Å². The highest BCUT2D eigenvalue weighted by Gasteiger charge is 2.39. The molecule has 1 fully saturated rings. The molecule has 106 valence electrons. The Morgan fingerprint density at radius 2 is 1.81 bits per heavy atom. The molecule has 0 unspecified atom stereocenters. The Morgan fingerprint density at radius 3 is 2.52 bits per heavy atom. The predicted molar refractivity (Wildman–Crippen MR) is 77.4 cm³/mol. The van der Waals surface area contributed by atoms with Crippen LogP contribution >= 0.6 is 0 Å². The Balaban J connectivity index is 1.82. The Hall–Kier alpha value is -2.69. The summed E-state index contributed by atoms with van der Waals surface area (Å²) in [7, 11) is 0. The van der Waals surface area contributed by atoms with Gasteiger partial charge in [0.05, 0.1) is 12.1 Å². The van der Waals surface area contributed by atoms with Crippen molar-refractivity contribution in [2.75, 3.05) is 10.2 Å². The van der Waals surface area contributed by atoms with Gasteiger partial charge < -0.3 is 5.32 Å². The molecule has 0 bridgehead atoms. The molecule has 1 heterocycles. The van der Waals surface area contributed by atoms with Crippen LogP contribution in [0.25, 0.3) is 0 Å². The summed E-state index contributed by atoms with van der Waals surface area (Å²) in [4.78, 5) is 25.4. The van der Waals surface area contributed by atoms with Crippen LogP contribution in [0.4, 0.5) is 15.8 Å². The number of carbonyl (C=O) groups excluding carboxylic acids is 2. The highest BCUT2D eigenvalue weighted by atomic mass is 19.1. The van der Waals surface area contributed by atoms with Gasteiger partial charge >= 0.3 is 0 Å². The minimum Gasteiger partial charge on any atom is -0.373 e. The zero-order chi connectivity index (χ0) is 14.8. The zero-order valence-corrected chi connectivity index (χ0v) is 11.1. The molecule has 0 saturated carbocycles. The number of para-hydroxylation sites is 1. The second-order valence-electron chi connectivity index (χ2n) is 4.81. The van der Waals surface area contributed by atoms with E-state index in [2.05, 4.69) is 5.32 Å². The first-order chi connectivity index (χ1) is 10.1. The van der Waals surface area contributed by atoms with Gasteiger partial charge in [-0.2, -0.15) is 0 Å². The number of benzene rings is 2. The second kappa shape index (κ2) is 5.36. The van der Waals surface area contributed by atoms with Crippen molar-refractivity contribution in [3.63, 3.8) is 0 Å². The van der Waals surface area contributed by atoms with E-state index in [0.29, 0.717) is 0 Å². The first-order valence-corrected chi connectivity index (χ1v) is 6.59. The highest BCUT2D eigenvalue weighted by molar-refractivity contribution is 6.23. The lowest BCUT2D eigenvalue weighted by Crippen LogP contribution is -2.34. The van der Waals surface area contributed by atoms with E-state index in [0.717, 1.165) is 10.6 Å². The van der Waals surface area contributed by atoms with Gasteiger partial charge in [-0.1, -0.05) is 24.3 Å². The van der Waals surface area contributed by atoms with E-state index >= 15 is 0 Å². The van der Waals surface area contributed by atoms with Crippen molar-refractivity contribution in [2.45, 2.75) is 12.5 Å². The van der Waals surface area contributed by atoms with Crippen molar-refractivity contribution in [3.8, 4) is 0 Å². The van der Waals surface area contributed by atoms with Gasteiger partial charge in [0.1, 0.15) is 11.9 Å². The van der Waals surface area contributed by atoms with Gasteiger partial charge in [-0.3, -0.25) is 9.59 Å². The van der Waals surface area contributed by atoms with Crippen molar-refractivity contribution in [3.05, 3.63) is 60.4 Å². The number of rotatable bonds is 3. The van der Waals surface area contributed by atoms with E-state index in [-0.39, 0.29) is 23.9 Å². The molecule has 2 amide bonds. The third-order valence-corrected chi connectivity index (χ3v) is 3.33. The summed E-state index contributed by atoms with van der Waals surface area (Å²) >= 11 is 0. The topological polar surface area (TPSA) is 49.4 Å². The molecule has 0 radical (unpaired) electrons. The second-order valence-corrected chi connectivity index (χ2v) is 4.81. The maximum Gasteiger partial charge on any atom is 0.256 e. The van der Waals surface area contributed by atoms with Gasteiger partial charge in [0.2, 0.25) is 5.91 Å². The van der Waals surface area contributed by atoms with Crippen LogP contribution in [0, 0.1) is 5.82 Å². The molecule has 2 aromatic carbocycles. The maximum atomic E-state index is 13.3. The SMILES string of the molecule is O=C1C[C@H](Nc2ccccc2)C(=O)N1c1cccc(F)c1. The fraction of sp³-hybridized carbons (Fsp3) is 0.125. The Labute approximate surface area is 121 Å². The van der Waals surface area contributed by atoms with E-state index in [1.165, 1.54) is 18.2 Å². The number of nitrogens with one attached hydrogen (secondary N) is 1. The third kappa shape index (κ3) is 2.63. The van der Waals surface area contributed by atoms with E-state index < -0.39 is 11.9 Å². The Kier molecular flexibility index (Phi) is 3.39. The molecule has 2 aromatic rings. The van der Waals surface area contributed by atoms with Crippen molar-refractivity contribution in [1.29, 1.82) is 0 Å². The molecular formula is C16H13FN2O2. The summed E-state index contributed by atoms with van der Waals surface area (Å²) in [5.74, 6) is -1.18. The summed E-state index contributed by atoms with van der Waals surface area (Å²) in [6.07, 6.45) is 0.0598. The summed E-state index contributed by atoms with van der Waals surface area (Å²) in [6.45, 7) is 0. The molecule has 0 spiro atoms. The van der Waals surface area contributed by atoms with Crippen molar-refractivity contribution < 1.29 is 14.0 Å². The minimum atomic E-state index is -0.622. The number of imide groups is 1. The maximum absolute atomic E-state index is 13.3. The molecule has 1 saturated heterocycles. The Bertz CT molecular complexity index is 688. The average Bonchev–Trinajstić information content (AvgIpc) is 2.74. The van der Waals surface area contributed by atoms with Crippen LogP contribution < -0.4 is 10.2 Å². The van der Waals surface area contributed by atoms with E-state index in [1.54, 1.807) is 6.07 Å². The number of nitrogens with zero attached hydrogens (tertiary/aromatic N) is 1. The van der Waals surface area contributed by atoms with Crippen LogP contribution in [0.2, 0.25) is 0 Å². The molecule has 1 aliphatic rings. The minimum absolute atomic E-state index is 0.0598. The average molecular weight is 284 g/mol. The fourth-order valence-electron chi connectivity index (χ4n) is 2.37. The number of carbonyl (C=O) groups is 2. The van der Waals surface area contributed by atoms with Crippen molar-refractivity contribution in [1.82, 2.24) is 0 Å². The van der Waals surface area contributed by atoms with Crippen LogP contribution in [0.15, 0.2) is 54.6 Å². The van der Waals surface area contributed by atoms with Crippen LogP contribution in [-0.4, -0.2) is 17.9 Å². The molecule has 5 heteroatoms. The molecule has 1 atom stereocenters. The molecule has 4 nitrogen and oxygen atoms in total. The lowest BCUT2D eigenvalue weighted by atomic mass is 10.2. The first-order valence-electron chi connectivity index (χ1n) is 6.59. The number of halogens is 1. The molecule has 1 aliphatic heterocycles. The standard InChI is InChI=1S/C16H13FN2O2/c17-11-5-4-8-13(9-11)19-15(20)10-14(16(19)21)18-12-6-2-1-3-7-12/h1-9,14,18H,10H2/t14-/m0/s1. The number of hydrogen-bond acceptors (Lipinski definition) is 3. The van der Waals surface area contributed by atoms with Gasteiger partial charge in [0.15, 0.2) is 0 Å². The lowest BCUT2D eigenvalue weighted by Gasteiger charge is -2.16. The molecule has 21 heavy (non-hydrogen) atoms. The number of hydrogen-bond donors (Lipinski definition) is 1. The fourth-order valence-corrected chi connectivity index (χ4v) is 2.37. The lowest BCUT2D eigenvalue weighted by molar-refractivity contribution is -0.121. The van der Waals surface area contributed by atoms with Crippen LogP contribution in [-0.2, 0) is 9.59 Å². The summed E-state index contributed by atoms with van der Waals surface area (Å²) in [6, 6.07) is 14.0. The summed E-state index contributed by atoms with van der Waals surface area (Å²) < 4.78 is 13.3. The van der Waals surface area contributed by atoms with Crippen LogP contribution in [0.5, 0.6) is 0 Å². The zero-order valence-electron chi connectivity index (χ0n) is 11.1. The summed E-state index contributed by atoms with van der Waals surface area (Å²) in [5.41, 5.74) is 1.03. The van der Waals surface area contributed by atoms with Crippen molar-refractivity contribution in [2.24, 2.45) is 0 Å². The molecule has 3 rings (SSSR count). The molecule has 0 aliphatic carbocycles. The Morgan fingerprint density at radius 1 is 1.05 bits per heavy atom. The smallest absolute Gasteiger partial charge is 0.256 e. The predicted octanol–water partition coefficient (Wildman–Crippen LogP) is 2.57.